The second kappa shape index (κ2) is 3.25. The second-order valence-electron chi connectivity index (χ2n) is 2.56. The van der Waals surface area contributed by atoms with Gasteiger partial charge in [0.25, 0.3) is 0 Å². The van der Waals surface area contributed by atoms with Crippen molar-refractivity contribution in [3.05, 3.63) is 36.5 Å². The quantitative estimate of drug-likeness (QED) is 0.739. The van der Waals surface area contributed by atoms with Crippen molar-refractivity contribution in [2.24, 2.45) is 0 Å². The zero-order valence-corrected chi connectivity index (χ0v) is 7.03. The fourth-order valence-electron chi connectivity index (χ4n) is 1.01. The Balaban J connectivity index is 2.46. The van der Waals surface area contributed by atoms with Crippen LogP contribution in [0.25, 0.3) is 5.82 Å². The molecule has 0 saturated carbocycles. The standard InChI is InChI=1S/C8H6N4O2/c13-8(14)6-2-1-3-7(11-6)12-4-9-10-5-12/h1-5H,(H,13,14). The Kier molecular flexibility index (Phi) is 1.94. The summed E-state index contributed by atoms with van der Waals surface area (Å²) in [6.45, 7) is 0. The molecule has 0 aliphatic carbocycles. The average molecular weight is 190 g/mol. The predicted octanol–water partition coefficient (Wildman–Crippen LogP) is 0.360. The first-order valence-corrected chi connectivity index (χ1v) is 3.83. The Bertz CT molecular complexity index is 452. The molecule has 0 fully saturated rings. The highest BCUT2D eigenvalue weighted by Gasteiger charge is 2.05. The molecule has 0 amide bonds. The third-order valence-corrected chi connectivity index (χ3v) is 1.64. The zero-order valence-electron chi connectivity index (χ0n) is 7.03. The number of nitrogens with zero attached hydrogens (tertiary/aromatic N) is 4. The Hall–Kier alpha value is -2.24. The summed E-state index contributed by atoms with van der Waals surface area (Å²) in [6.07, 6.45) is 2.90. The normalized spacial score (nSPS) is 10.0. The number of carboxylic acid groups (broad SMARTS) is 1. The number of carbonyl (C=O) groups is 1. The lowest BCUT2D eigenvalue weighted by atomic mass is 10.3. The van der Waals surface area contributed by atoms with E-state index in [-0.39, 0.29) is 5.69 Å². The van der Waals surface area contributed by atoms with Crippen molar-refractivity contribution >= 4 is 5.97 Å². The minimum Gasteiger partial charge on any atom is -0.477 e. The van der Waals surface area contributed by atoms with Crippen LogP contribution in [-0.2, 0) is 0 Å². The SMILES string of the molecule is O=C(O)c1cccc(-n2cnnc2)n1. The largest absolute Gasteiger partial charge is 0.477 e. The molecule has 0 unspecified atom stereocenters. The molecule has 6 nitrogen and oxygen atoms in total. The molecule has 0 bridgehead atoms. The molecule has 0 aliphatic heterocycles. The number of rotatable bonds is 2. The maximum Gasteiger partial charge on any atom is 0.354 e. The molecule has 2 aromatic rings. The van der Waals surface area contributed by atoms with Gasteiger partial charge >= 0.3 is 5.97 Å². The van der Waals surface area contributed by atoms with Crippen LogP contribution in [0.15, 0.2) is 30.9 Å². The first kappa shape index (κ1) is 8.36. The van der Waals surface area contributed by atoms with Crippen molar-refractivity contribution in [2.45, 2.75) is 0 Å². The smallest absolute Gasteiger partial charge is 0.354 e. The van der Waals surface area contributed by atoms with Gasteiger partial charge in [0.2, 0.25) is 0 Å². The van der Waals surface area contributed by atoms with Crippen LogP contribution in [0, 0.1) is 0 Å². The second-order valence-corrected chi connectivity index (χ2v) is 2.56. The van der Waals surface area contributed by atoms with Gasteiger partial charge in [0.05, 0.1) is 0 Å². The lowest BCUT2D eigenvalue weighted by molar-refractivity contribution is 0.0690. The van der Waals surface area contributed by atoms with E-state index >= 15 is 0 Å². The van der Waals surface area contributed by atoms with Crippen LogP contribution >= 0.6 is 0 Å². The summed E-state index contributed by atoms with van der Waals surface area (Å²) in [7, 11) is 0. The molecular weight excluding hydrogens is 184 g/mol. The molecule has 6 heteroatoms. The lowest BCUT2D eigenvalue weighted by Crippen LogP contribution is -2.03. The molecule has 2 aromatic heterocycles. The van der Waals surface area contributed by atoms with Crippen LogP contribution in [0.4, 0.5) is 0 Å². The van der Waals surface area contributed by atoms with Crippen LogP contribution < -0.4 is 0 Å². The third kappa shape index (κ3) is 1.45. The Labute approximate surface area is 78.9 Å². The van der Waals surface area contributed by atoms with Gasteiger partial charge in [-0.15, -0.1) is 10.2 Å². The van der Waals surface area contributed by atoms with Gasteiger partial charge in [0, 0.05) is 0 Å². The van der Waals surface area contributed by atoms with Crippen molar-refractivity contribution < 1.29 is 9.90 Å². The highest BCUT2D eigenvalue weighted by molar-refractivity contribution is 5.85. The molecule has 0 atom stereocenters. The van der Waals surface area contributed by atoms with Gasteiger partial charge in [0.1, 0.15) is 18.5 Å². The molecule has 0 aromatic carbocycles. The molecule has 1 N–H and O–H groups in total. The summed E-state index contributed by atoms with van der Waals surface area (Å²) in [5.41, 5.74) is -0.00352. The highest BCUT2D eigenvalue weighted by Crippen LogP contribution is 2.03. The third-order valence-electron chi connectivity index (χ3n) is 1.64. The maximum absolute atomic E-state index is 10.6. The van der Waals surface area contributed by atoms with E-state index in [4.69, 9.17) is 5.11 Å². The summed E-state index contributed by atoms with van der Waals surface area (Å²) < 4.78 is 1.53. The van der Waals surface area contributed by atoms with Crippen LogP contribution in [0.3, 0.4) is 0 Å². The van der Waals surface area contributed by atoms with Crippen molar-refractivity contribution in [3.63, 3.8) is 0 Å². The maximum atomic E-state index is 10.6. The average Bonchev–Trinajstić information content (AvgIpc) is 2.71. The van der Waals surface area contributed by atoms with Gasteiger partial charge in [-0.25, -0.2) is 9.78 Å². The summed E-state index contributed by atoms with van der Waals surface area (Å²) in [6, 6.07) is 4.72. The Morgan fingerprint density at radius 2 is 2.00 bits per heavy atom. The monoisotopic (exact) mass is 190 g/mol. The van der Waals surface area contributed by atoms with Crippen LogP contribution in [-0.4, -0.2) is 30.8 Å². The fourth-order valence-corrected chi connectivity index (χ4v) is 1.01. The van der Waals surface area contributed by atoms with E-state index in [1.807, 2.05) is 0 Å². The van der Waals surface area contributed by atoms with Crippen LogP contribution in [0.2, 0.25) is 0 Å². The summed E-state index contributed by atoms with van der Waals surface area (Å²) in [4.78, 5) is 14.5. The van der Waals surface area contributed by atoms with Gasteiger partial charge in [-0.1, -0.05) is 6.07 Å². The Morgan fingerprint density at radius 1 is 1.29 bits per heavy atom. The number of hydrogen-bond acceptors (Lipinski definition) is 4. The molecule has 2 heterocycles. The number of pyridine rings is 1. The van der Waals surface area contributed by atoms with Crippen molar-refractivity contribution in [1.29, 1.82) is 0 Å². The summed E-state index contributed by atoms with van der Waals surface area (Å²) in [5, 5.41) is 15.9. The van der Waals surface area contributed by atoms with E-state index in [0.717, 1.165) is 0 Å². The van der Waals surface area contributed by atoms with Gasteiger partial charge in [-0.05, 0) is 12.1 Å². The fraction of sp³-hybridized carbons (Fsp3) is 0. The number of aromatic nitrogens is 4. The topological polar surface area (TPSA) is 80.9 Å². The van der Waals surface area contributed by atoms with E-state index in [9.17, 15) is 4.79 Å². The number of carboxylic acids is 1. The van der Waals surface area contributed by atoms with E-state index in [2.05, 4.69) is 15.2 Å². The van der Waals surface area contributed by atoms with Crippen LogP contribution in [0.1, 0.15) is 10.5 Å². The summed E-state index contributed by atoms with van der Waals surface area (Å²) >= 11 is 0. The van der Waals surface area contributed by atoms with Gasteiger partial charge in [-0.2, -0.15) is 0 Å². The minimum absolute atomic E-state index is 0.00352. The number of aromatic carboxylic acids is 1. The molecule has 2 rings (SSSR count). The Morgan fingerprint density at radius 3 is 2.64 bits per heavy atom. The summed E-state index contributed by atoms with van der Waals surface area (Å²) in [5.74, 6) is -0.574. The van der Waals surface area contributed by atoms with Crippen molar-refractivity contribution in [3.8, 4) is 5.82 Å². The first-order valence-electron chi connectivity index (χ1n) is 3.83. The van der Waals surface area contributed by atoms with Gasteiger partial charge < -0.3 is 5.11 Å². The lowest BCUT2D eigenvalue weighted by Gasteiger charge is -2.00. The van der Waals surface area contributed by atoms with E-state index < -0.39 is 5.97 Å². The zero-order chi connectivity index (χ0) is 9.97. The van der Waals surface area contributed by atoms with Crippen molar-refractivity contribution in [1.82, 2.24) is 19.7 Å². The molecular formula is C8H6N4O2. The highest BCUT2D eigenvalue weighted by atomic mass is 16.4. The van der Waals surface area contributed by atoms with Gasteiger partial charge in [0.15, 0.2) is 5.69 Å². The molecule has 70 valence electrons. The minimum atomic E-state index is -1.06. The van der Waals surface area contributed by atoms with E-state index in [0.29, 0.717) is 5.82 Å². The molecule has 0 saturated heterocycles. The van der Waals surface area contributed by atoms with Crippen LogP contribution in [0.5, 0.6) is 0 Å². The van der Waals surface area contributed by atoms with E-state index in [1.165, 1.54) is 23.3 Å². The molecule has 14 heavy (non-hydrogen) atoms. The molecule has 0 aliphatic rings. The van der Waals surface area contributed by atoms with E-state index in [1.54, 1.807) is 12.1 Å². The molecule has 0 spiro atoms. The van der Waals surface area contributed by atoms with Crippen molar-refractivity contribution in [2.75, 3.05) is 0 Å². The molecule has 0 radical (unpaired) electrons. The first-order chi connectivity index (χ1) is 6.77. The predicted molar refractivity (Wildman–Crippen MR) is 46.1 cm³/mol. The number of hydrogen-bond donors (Lipinski definition) is 1. The van der Waals surface area contributed by atoms with Gasteiger partial charge in [-0.3, -0.25) is 4.57 Å².